The molecule has 1 aromatic heterocycles. The van der Waals surface area contributed by atoms with E-state index in [-0.39, 0.29) is 6.10 Å². The van der Waals surface area contributed by atoms with Crippen molar-refractivity contribution >= 4 is 17.4 Å². The minimum absolute atomic E-state index is 0.154. The molecule has 1 N–H and O–H groups in total. The summed E-state index contributed by atoms with van der Waals surface area (Å²) in [6, 6.07) is 0. The lowest BCUT2D eigenvalue weighted by molar-refractivity contribution is 0.133. The van der Waals surface area contributed by atoms with E-state index < -0.39 is 0 Å². The third kappa shape index (κ3) is 1.88. The predicted molar refractivity (Wildman–Crippen MR) is 70.9 cm³/mol. The number of aliphatic hydroxyl groups excluding tert-OH is 1. The summed E-state index contributed by atoms with van der Waals surface area (Å²) in [5.74, 6) is 1.74. The lowest BCUT2D eigenvalue weighted by atomic mass is 10.00. The van der Waals surface area contributed by atoms with Crippen LogP contribution < -0.4 is 4.90 Å². The first-order valence-electron chi connectivity index (χ1n) is 6.50. The smallest absolute Gasteiger partial charge is 0.171 e. The van der Waals surface area contributed by atoms with Crippen LogP contribution in [-0.4, -0.2) is 34.3 Å². The number of aryl methyl sites for hydroxylation is 2. The van der Waals surface area contributed by atoms with Crippen LogP contribution in [0.5, 0.6) is 0 Å². The third-order valence-electron chi connectivity index (χ3n) is 4.37. The van der Waals surface area contributed by atoms with Crippen LogP contribution in [0.3, 0.4) is 0 Å². The first-order chi connectivity index (χ1) is 8.56. The largest absolute Gasteiger partial charge is 0.393 e. The van der Waals surface area contributed by atoms with Crippen LogP contribution in [-0.2, 0) is 0 Å². The topological polar surface area (TPSA) is 49.2 Å². The highest BCUT2D eigenvalue weighted by molar-refractivity contribution is 6.31. The fourth-order valence-electron chi connectivity index (χ4n) is 3.17. The molecule has 0 amide bonds. The molecule has 4 nitrogen and oxygen atoms in total. The summed E-state index contributed by atoms with van der Waals surface area (Å²) in [7, 11) is 0. The van der Waals surface area contributed by atoms with Crippen molar-refractivity contribution in [3.8, 4) is 0 Å². The van der Waals surface area contributed by atoms with Gasteiger partial charge in [-0.15, -0.1) is 0 Å². The Morgan fingerprint density at radius 1 is 1.17 bits per heavy atom. The Balaban J connectivity index is 1.87. The van der Waals surface area contributed by atoms with Crippen LogP contribution in [0.4, 0.5) is 5.82 Å². The van der Waals surface area contributed by atoms with Crippen LogP contribution in [0.1, 0.15) is 24.2 Å². The van der Waals surface area contributed by atoms with Crippen molar-refractivity contribution in [1.82, 2.24) is 9.97 Å². The lowest BCUT2D eigenvalue weighted by Crippen LogP contribution is -2.26. The monoisotopic (exact) mass is 267 g/mol. The van der Waals surface area contributed by atoms with Crippen LogP contribution in [0.2, 0.25) is 5.15 Å². The summed E-state index contributed by atoms with van der Waals surface area (Å²) in [6.45, 7) is 5.66. The Kier molecular flexibility index (Phi) is 2.94. The van der Waals surface area contributed by atoms with E-state index in [0.29, 0.717) is 17.0 Å². The van der Waals surface area contributed by atoms with Gasteiger partial charge in [-0.05, 0) is 32.6 Å². The summed E-state index contributed by atoms with van der Waals surface area (Å²) < 4.78 is 0. The maximum absolute atomic E-state index is 9.94. The highest BCUT2D eigenvalue weighted by Crippen LogP contribution is 2.40. The molecule has 5 heteroatoms. The number of aliphatic hydroxyl groups is 1. The van der Waals surface area contributed by atoms with Gasteiger partial charge in [-0.1, -0.05) is 11.6 Å². The maximum Gasteiger partial charge on any atom is 0.171 e. The van der Waals surface area contributed by atoms with E-state index in [2.05, 4.69) is 14.9 Å². The number of halogens is 1. The molecule has 1 aromatic rings. The van der Waals surface area contributed by atoms with Crippen LogP contribution in [0, 0.1) is 25.7 Å². The van der Waals surface area contributed by atoms with E-state index in [1.807, 2.05) is 13.8 Å². The van der Waals surface area contributed by atoms with Crippen molar-refractivity contribution in [2.75, 3.05) is 18.0 Å². The van der Waals surface area contributed by atoms with Gasteiger partial charge in [-0.2, -0.15) is 0 Å². The summed E-state index contributed by atoms with van der Waals surface area (Å²) in [5.41, 5.74) is 1.80. The molecule has 2 fully saturated rings. The molecule has 3 unspecified atom stereocenters. The minimum Gasteiger partial charge on any atom is -0.393 e. The van der Waals surface area contributed by atoms with Crippen LogP contribution >= 0.6 is 11.6 Å². The minimum atomic E-state index is -0.154. The van der Waals surface area contributed by atoms with Crippen molar-refractivity contribution < 1.29 is 5.11 Å². The lowest BCUT2D eigenvalue weighted by Gasteiger charge is -2.20. The van der Waals surface area contributed by atoms with Crippen molar-refractivity contribution in [2.45, 2.75) is 32.8 Å². The van der Waals surface area contributed by atoms with Crippen molar-refractivity contribution in [3.63, 3.8) is 0 Å². The van der Waals surface area contributed by atoms with Crippen LogP contribution in [0.15, 0.2) is 0 Å². The molecule has 1 aliphatic carbocycles. The molecule has 3 atom stereocenters. The molecule has 0 spiro atoms. The SMILES string of the molecule is Cc1nc(Cl)c(N2CC3CCC(O)C3C2)nc1C. The van der Waals surface area contributed by atoms with Gasteiger partial charge >= 0.3 is 0 Å². The van der Waals surface area contributed by atoms with Gasteiger partial charge in [0.25, 0.3) is 0 Å². The van der Waals surface area contributed by atoms with E-state index in [1.54, 1.807) is 0 Å². The number of rotatable bonds is 1. The zero-order valence-corrected chi connectivity index (χ0v) is 11.5. The fourth-order valence-corrected chi connectivity index (χ4v) is 3.46. The Labute approximate surface area is 112 Å². The van der Waals surface area contributed by atoms with Gasteiger partial charge in [0, 0.05) is 19.0 Å². The van der Waals surface area contributed by atoms with Gasteiger partial charge in [0.15, 0.2) is 11.0 Å². The van der Waals surface area contributed by atoms with Crippen molar-refractivity contribution in [3.05, 3.63) is 16.5 Å². The highest BCUT2D eigenvalue weighted by Gasteiger charge is 2.42. The molecule has 3 rings (SSSR count). The molecule has 2 aliphatic rings. The average Bonchev–Trinajstić information content (AvgIpc) is 2.87. The molecular formula is C13H18ClN3O. The first-order valence-corrected chi connectivity index (χ1v) is 6.88. The van der Waals surface area contributed by atoms with Gasteiger partial charge < -0.3 is 10.0 Å². The predicted octanol–water partition coefficient (Wildman–Crippen LogP) is 1.95. The standard InChI is InChI=1S/C13H18ClN3O/c1-7-8(2)16-13(12(14)15-7)17-5-9-3-4-11(18)10(9)6-17/h9-11,18H,3-6H2,1-2H3. The second-order valence-electron chi connectivity index (χ2n) is 5.48. The van der Waals surface area contributed by atoms with Gasteiger partial charge in [0.1, 0.15) is 0 Å². The Hall–Kier alpha value is -0.870. The number of hydrogen-bond donors (Lipinski definition) is 1. The zero-order valence-electron chi connectivity index (χ0n) is 10.7. The summed E-state index contributed by atoms with van der Waals surface area (Å²) in [5, 5.41) is 10.4. The van der Waals surface area contributed by atoms with Crippen molar-refractivity contribution in [1.29, 1.82) is 0 Å². The third-order valence-corrected chi connectivity index (χ3v) is 4.62. The second-order valence-corrected chi connectivity index (χ2v) is 5.84. The van der Waals surface area contributed by atoms with Gasteiger partial charge in [-0.3, -0.25) is 0 Å². The Bertz CT molecular complexity index is 480. The maximum atomic E-state index is 9.94. The quantitative estimate of drug-likeness (QED) is 0.845. The zero-order chi connectivity index (χ0) is 12.9. The summed E-state index contributed by atoms with van der Waals surface area (Å²) in [4.78, 5) is 11.1. The molecule has 1 saturated carbocycles. The summed E-state index contributed by atoms with van der Waals surface area (Å²) in [6.07, 6.45) is 1.89. The van der Waals surface area contributed by atoms with E-state index >= 15 is 0 Å². The van der Waals surface area contributed by atoms with E-state index in [4.69, 9.17) is 11.6 Å². The van der Waals surface area contributed by atoms with Gasteiger partial charge in [-0.25, -0.2) is 9.97 Å². The molecule has 98 valence electrons. The van der Waals surface area contributed by atoms with Crippen molar-refractivity contribution in [2.24, 2.45) is 11.8 Å². The molecule has 0 bridgehead atoms. The van der Waals surface area contributed by atoms with E-state index in [1.165, 1.54) is 0 Å². The fraction of sp³-hybridized carbons (Fsp3) is 0.692. The van der Waals surface area contributed by atoms with Gasteiger partial charge in [0.05, 0.1) is 17.5 Å². The average molecular weight is 268 g/mol. The number of hydrogen-bond acceptors (Lipinski definition) is 4. The number of fused-ring (bicyclic) bond motifs is 1. The number of nitrogens with zero attached hydrogens (tertiary/aromatic N) is 3. The molecular weight excluding hydrogens is 250 g/mol. The summed E-state index contributed by atoms with van der Waals surface area (Å²) >= 11 is 6.20. The molecule has 1 aliphatic heterocycles. The normalized spacial score (nSPS) is 30.9. The molecule has 2 heterocycles. The van der Waals surface area contributed by atoms with E-state index in [0.717, 1.165) is 43.1 Å². The van der Waals surface area contributed by atoms with E-state index in [9.17, 15) is 5.11 Å². The Morgan fingerprint density at radius 2 is 1.89 bits per heavy atom. The highest BCUT2D eigenvalue weighted by atomic mass is 35.5. The first kappa shape index (κ1) is 12.2. The second kappa shape index (κ2) is 4.35. The number of aromatic nitrogens is 2. The van der Waals surface area contributed by atoms with Crippen LogP contribution in [0.25, 0.3) is 0 Å². The molecule has 0 aromatic carbocycles. The molecule has 1 saturated heterocycles. The molecule has 18 heavy (non-hydrogen) atoms. The number of anilines is 1. The molecule has 0 radical (unpaired) electrons. The Morgan fingerprint density at radius 3 is 2.61 bits per heavy atom. The van der Waals surface area contributed by atoms with Gasteiger partial charge in [0.2, 0.25) is 0 Å².